The first-order valence-corrected chi connectivity index (χ1v) is 8.43. The van der Waals surface area contributed by atoms with Crippen molar-refractivity contribution in [1.82, 2.24) is 5.32 Å². The lowest BCUT2D eigenvalue weighted by Crippen LogP contribution is -2.35. The summed E-state index contributed by atoms with van der Waals surface area (Å²) in [6.07, 6.45) is 2.22. The molecule has 1 aromatic rings. The number of unbranched alkanes of at least 4 members (excludes halogenated alkanes) is 1. The minimum Gasteiger partial charge on any atom is -0.400 e. The Labute approximate surface area is 144 Å². The summed E-state index contributed by atoms with van der Waals surface area (Å²) < 4.78 is 0. The lowest BCUT2D eigenvalue weighted by molar-refractivity contribution is 0.284. The maximum atomic E-state index is 8.99. The second kappa shape index (κ2) is 10.5. The summed E-state index contributed by atoms with van der Waals surface area (Å²) >= 11 is 6.23. The van der Waals surface area contributed by atoms with E-state index < -0.39 is 0 Å². The van der Waals surface area contributed by atoms with Crippen LogP contribution in [0.15, 0.2) is 35.7 Å². The van der Waals surface area contributed by atoms with Crippen molar-refractivity contribution in [3.63, 3.8) is 0 Å². The van der Waals surface area contributed by atoms with E-state index in [2.05, 4.69) is 19.2 Å². The Kier molecular flexibility index (Phi) is 9.02. The number of hydrazine groups is 1. The summed E-state index contributed by atoms with van der Waals surface area (Å²) in [4.78, 5) is 0. The van der Waals surface area contributed by atoms with Gasteiger partial charge in [0.05, 0.1) is 16.4 Å². The standard InChI is InChI=1S/C17H29ClN4O/c1-13(2)11-21-12-15(19)17(9-5-6-10-23)22(20)16-8-4-3-7-14(16)18/h3-4,7-8,13,21,23H,5-6,9-12,19-20H2,1-2H3/b17-15-. The van der Waals surface area contributed by atoms with Crippen LogP contribution in [0.3, 0.4) is 0 Å². The Hall–Kier alpha value is -1.27. The molecule has 0 aliphatic carbocycles. The van der Waals surface area contributed by atoms with E-state index in [9.17, 15) is 0 Å². The highest BCUT2D eigenvalue weighted by atomic mass is 35.5. The average molecular weight is 341 g/mol. The van der Waals surface area contributed by atoms with E-state index in [1.54, 1.807) is 11.1 Å². The molecule has 6 heteroatoms. The van der Waals surface area contributed by atoms with Crippen molar-refractivity contribution in [1.29, 1.82) is 0 Å². The third-order valence-electron chi connectivity index (χ3n) is 3.46. The zero-order chi connectivity index (χ0) is 17.2. The first-order chi connectivity index (χ1) is 11.0. The summed E-state index contributed by atoms with van der Waals surface area (Å²) in [5, 5.41) is 14.5. The highest BCUT2D eigenvalue weighted by molar-refractivity contribution is 6.33. The monoisotopic (exact) mass is 340 g/mol. The number of hydrogen-bond donors (Lipinski definition) is 4. The second-order valence-corrected chi connectivity index (χ2v) is 6.41. The van der Waals surface area contributed by atoms with Gasteiger partial charge < -0.3 is 16.2 Å². The maximum Gasteiger partial charge on any atom is 0.0758 e. The zero-order valence-electron chi connectivity index (χ0n) is 14.1. The summed E-state index contributed by atoms with van der Waals surface area (Å²) in [5.74, 6) is 6.83. The Morgan fingerprint density at radius 3 is 2.61 bits per heavy atom. The van der Waals surface area contributed by atoms with Gasteiger partial charge in [0.15, 0.2) is 0 Å². The molecule has 0 atom stereocenters. The lowest BCUT2D eigenvalue weighted by atomic mass is 10.1. The number of rotatable bonds is 10. The van der Waals surface area contributed by atoms with Crippen molar-refractivity contribution in [3.8, 4) is 0 Å². The number of para-hydroxylation sites is 1. The minimum atomic E-state index is 0.162. The number of hydrogen-bond acceptors (Lipinski definition) is 5. The van der Waals surface area contributed by atoms with E-state index in [4.69, 9.17) is 28.3 Å². The summed E-state index contributed by atoms with van der Waals surface area (Å²) in [6, 6.07) is 7.42. The second-order valence-electron chi connectivity index (χ2n) is 6.00. The van der Waals surface area contributed by atoms with E-state index in [1.165, 1.54) is 0 Å². The molecular weight excluding hydrogens is 312 g/mol. The number of nitrogens with zero attached hydrogens (tertiary/aromatic N) is 1. The lowest BCUT2D eigenvalue weighted by Gasteiger charge is -2.25. The molecule has 0 heterocycles. The van der Waals surface area contributed by atoms with Crippen LogP contribution in [0.2, 0.25) is 5.02 Å². The van der Waals surface area contributed by atoms with Crippen molar-refractivity contribution in [3.05, 3.63) is 40.7 Å². The molecule has 0 aliphatic rings. The smallest absolute Gasteiger partial charge is 0.0758 e. The molecule has 0 aliphatic heterocycles. The van der Waals surface area contributed by atoms with Gasteiger partial charge in [-0.25, -0.2) is 5.84 Å². The number of aliphatic hydroxyl groups is 1. The number of benzene rings is 1. The molecular formula is C17H29ClN4O. The van der Waals surface area contributed by atoms with E-state index >= 15 is 0 Å². The normalized spacial score (nSPS) is 12.4. The van der Waals surface area contributed by atoms with Gasteiger partial charge in [0.1, 0.15) is 0 Å². The first kappa shape index (κ1) is 19.8. The van der Waals surface area contributed by atoms with Crippen LogP contribution in [0.25, 0.3) is 0 Å². The van der Waals surface area contributed by atoms with Crippen LogP contribution in [0, 0.1) is 5.92 Å². The third-order valence-corrected chi connectivity index (χ3v) is 3.78. The fourth-order valence-corrected chi connectivity index (χ4v) is 2.46. The molecule has 0 saturated heterocycles. The van der Waals surface area contributed by atoms with Gasteiger partial charge in [0, 0.05) is 18.8 Å². The fraction of sp³-hybridized carbons (Fsp3) is 0.529. The highest BCUT2D eigenvalue weighted by Gasteiger charge is 2.14. The van der Waals surface area contributed by atoms with Crippen molar-refractivity contribution >= 4 is 17.3 Å². The summed E-state index contributed by atoms with van der Waals surface area (Å²) in [7, 11) is 0. The van der Waals surface area contributed by atoms with Crippen LogP contribution >= 0.6 is 11.6 Å². The van der Waals surface area contributed by atoms with Gasteiger partial charge in [-0.15, -0.1) is 0 Å². The number of aliphatic hydroxyl groups excluding tert-OH is 1. The van der Waals surface area contributed by atoms with Gasteiger partial charge in [-0.3, -0.25) is 5.01 Å². The minimum absolute atomic E-state index is 0.162. The predicted octanol–water partition coefficient (Wildman–Crippen LogP) is 2.60. The van der Waals surface area contributed by atoms with Gasteiger partial charge in [-0.1, -0.05) is 37.6 Å². The number of allylic oxidation sites excluding steroid dienone is 1. The number of nitrogens with one attached hydrogen (secondary N) is 1. The van der Waals surface area contributed by atoms with Crippen molar-refractivity contribution in [2.75, 3.05) is 24.7 Å². The van der Waals surface area contributed by atoms with Crippen LogP contribution in [-0.2, 0) is 0 Å². The molecule has 23 heavy (non-hydrogen) atoms. The average Bonchev–Trinajstić information content (AvgIpc) is 2.51. The summed E-state index contributed by atoms with van der Waals surface area (Å²) in [5.41, 5.74) is 8.52. The van der Waals surface area contributed by atoms with Crippen LogP contribution in [0.4, 0.5) is 5.69 Å². The van der Waals surface area contributed by atoms with Gasteiger partial charge in [-0.2, -0.15) is 0 Å². The van der Waals surface area contributed by atoms with Crippen LogP contribution in [-0.4, -0.2) is 24.8 Å². The fourth-order valence-electron chi connectivity index (χ4n) is 2.23. The Morgan fingerprint density at radius 2 is 2.00 bits per heavy atom. The number of halogens is 1. The molecule has 6 N–H and O–H groups in total. The molecule has 5 nitrogen and oxygen atoms in total. The highest BCUT2D eigenvalue weighted by Crippen LogP contribution is 2.27. The Morgan fingerprint density at radius 1 is 1.30 bits per heavy atom. The van der Waals surface area contributed by atoms with Gasteiger partial charge >= 0.3 is 0 Å². The molecule has 0 spiro atoms. The van der Waals surface area contributed by atoms with E-state index in [1.807, 2.05) is 18.2 Å². The SMILES string of the molecule is CC(C)CNC/C(N)=C(\CCCCO)N(N)c1ccccc1Cl. The molecule has 0 unspecified atom stereocenters. The topological polar surface area (TPSA) is 87.5 Å². The van der Waals surface area contributed by atoms with Crippen LogP contribution in [0.5, 0.6) is 0 Å². The Bertz CT molecular complexity index is 505. The quantitative estimate of drug-likeness (QED) is 0.299. The molecule has 1 aromatic carbocycles. The van der Waals surface area contributed by atoms with Crippen LogP contribution < -0.4 is 21.9 Å². The molecule has 0 fully saturated rings. The van der Waals surface area contributed by atoms with Crippen molar-refractivity contribution < 1.29 is 5.11 Å². The molecule has 0 radical (unpaired) electrons. The van der Waals surface area contributed by atoms with Gasteiger partial charge in [-0.05, 0) is 43.9 Å². The number of anilines is 1. The largest absolute Gasteiger partial charge is 0.400 e. The molecule has 1 rings (SSSR count). The maximum absolute atomic E-state index is 8.99. The molecule has 0 aromatic heterocycles. The van der Waals surface area contributed by atoms with E-state index in [0.717, 1.165) is 24.4 Å². The van der Waals surface area contributed by atoms with Gasteiger partial charge in [0.25, 0.3) is 0 Å². The van der Waals surface area contributed by atoms with Crippen molar-refractivity contribution in [2.45, 2.75) is 33.1 Å². The van der Waals surface area contributed by atoms with Crippen LogP contribution in [0.1, 0.15) is 33.1 Å². The molecule has 0 bridgehead atoms. The zero-order valence-corrected chi connectivity index (χ0v) is 14.8. The van der Waals surface area contributed by atoms with Gasteiger partial charge in [0.2, 0.25) is 0 Å². The molecule has 0 amide bonds. The third kappa shape index (κ3) is 6.79. The van der Waals surface area contributed by atoms with Crippen molar-refractivity contribution in [2.24, 2.45) is 17.5 Å². The molecule has 130 valence electrons. The number of nitrogens with two attached hydrogens (primary N) is 2. The predicted molar refractivity (Wildman–Crippen MR) is 98.0 cm³/mol. The Balaban J connectivity index is 2.91. The summed E-state index contributed by atoms with van der Waals surface area (Å²) in [6.45, 7) is 5.92. The van der Waals surface area contributed by atoms with E-state index in [0.29, 0.717) is 36.0 Å². The first-order valence-electron chi connectivity index (χ1n) is 8.05. The molecule has 0 saturated carbocycles. The van der Waals surface area contributed by atoms with E-state index in [-0.39, 0.29) is 6.61 Å².